The molecule has 1 amide bonds. The number of nitrogens with zero attached hydrogens (tertiary/aromatic N) is 4. The van der Waals surface area contributed by atoms with Gasteiger partial charge in [-0.15, -0.1) is 0 Å². The lowest BCUT2D eigenvalue weighted by Gasteiger charge is -2.44. The van der Waals surface area contributed by atoms with Crippen molar-refractivity contribution in [1.29, 1.82) is 0 Å². The number of alkyl halides is 3. The molecule has 1 aliphatic heterocycles. The molecule has 4 atom stereocenters. The first-order valence-corrected chi connectivity index (χ1v) is 14.9. The van der Waals surface area contributed by atoms with Crippen LogP contribution >= 0.6 is 0 Å². The molecule has 0 spiro atoms. The molecule has 0 bridgehead atoms. The Kier molecular flexibility index (Phi) is 8.23. The van der Waals surface area contributed by atoms with Gasteiger partial charge in [0.15, 0.2) is 0 Å². The van der Waals surface area contributed by atoms with Gasteiger partial charge in [-0.25, -0.2) is 18.4 Å². The largest absolute Gasteiger partial charge is 0.416 e. The zero-order valence-corrected chi connectivity index (χ0v) is 23.0. The summed E-state index contributed by atoms with van der Waals surface area (Å²) in [5, 5.41) is 3.25. The van der Waals surface area contributed by atoms with E-state index in [0.717, 1.165) is 18.6 Å². The molecule has 1 aromatic heterocycles. The molecule has 1 saturated heterocycles. The van der Waals surface area contributed by atoms with Gasteiger partial charge in [0.1, 0.15) is 28.0 Å². The predicted molar refractivity (Wildman–Crippen MR) is 140 cm³/mol. The Morgan fingerprint density at radius 2 is 1.92 bits per heavy atom. The van der Waals surface area contributed by atoms with Crippen LogP contribution in [0, 0.1) is 5.92 Å². The van der Waals surface area contributed by atoms with Gasteiger partial charge >= 0.3 is 6.18 Å². The van der Waals surface area contributed by atoms with Crippen molar-refractivity contribution in [2.75, 3.05) is 30.4 Å². The van der Waals surface area contributed by atoms with E-state index in [1.54, 1.807) is 11.8 Å². The van der Waals surface area contributed by atoms with E-state index in [2.05, 4.69) is 41.1 Å². The number of hydrogen-bond acceptors (Lipinski definition) is 7. The van der Waals surface area contributed by atoms with Crippen molar-refractivity contribution < 1.29 is 26.4 Å². The molecular formula is C26H36F3N5O3S. The summed E-state index contributed by atoms with van der Waals surface area (Å²) in [5.41, 5.74) is -0.472. The highest BCUT2D eigenvalue weighted by atomic mass is 32.2. The average molecular weight is 556 g/mol. The second-order valence-electron chi connectivity index (χ2n) is 10.7. The van der Waals surface area contributed by atoms with Crippen molar-refractivity contribution >= 4 is 32.5 Å². The molecule has 1 aliphatic carbocycles. The molecule has 1 N–H and O–H groups in total. The molecule has 12 heteroatoms. The maximum atomic E-state index is 13.6. The van der Waals surface area contributed by atoms with Crippen LogP contribution in [0.3, 0.4) is 0 Å². The summed E-state index contributed by atoms with van der Waals surface area (Å²) in [6.45, 7) is 6.31. The summed E-state index contributed by atoms with van der Waals surface area (Å²) in [5.74, 6) is -0.0941. The van der Waals surface area contributed by atoms with Gasteiger partial charge in [-0.2, -0.15) is 13.2 Å². The molecule has 1 saturated carbocycles. The summed E-state index contributed by atoms with van der Waals surface area (Å²) in [6.07, 6.45) is -0.555. The molecule has 0 radical (unpaired) electrons. The highest BCUT2D eigenvalue weighted by Crippen LogP contribution is 2.36. The normalized spacial score (nSPS) is 25.1. The number of sulfone groups is 1. The lowest BCUT2D eigenvalue weighted by atomic mass is 9.81. The summed E-state index contributed by atoms with van der Waals surface area (Å²) in [6, 6.07) is 2.95. The van der Waals surface area contributed by atoms with Crippen LogP contribution in [-0.2, 0) is 20.8 Å². The number of likely N-dealkylation sites (tertiary alicyclic amines) is 1. The first kappa shape index (κ1) is 28.5. The van der Waals surface area contributed by atoms with Crippen molar-refractivity contribution in [3.05, 3.63) is 30.1 Å². The van der Waals surface area contributed by atoms with Gasteiger partial charge in [0.2, 0.25) is 5.91 Å². The maximum Gasteiger partial charge on any atom is 0.416 e. The summed E-state index contributed by atoms with van der Waals surface area (Å²) < 4.78 is 65.2. The van der Waals surface area contributed by atoms with E-state index < -0.39 is 27.6 Å². The van der Waals surface area contributed by atoms with Crippen LogP contribution in [0.1, 0.15) is 52.0 Å². The Bertz CT molecular complexity index is 1270. The minimum absolute atomic E-state index is 0.0369. The smallest absolute Gasteiger partial charge is 0.358 e. The number of carbonyl (C=O) groups is 1. The highest BCUT2D eigenvalue weighted by molar-refractivity contribution is 7.91. The van der Waals surface area contributed by atoms with E-state index in [1.165, 1.54) is 12.4 Å². The Labute approximate surface area is 221 Å². The monoisotopic (exact) mass is 555 g/mol. The number of anilines is 1. The number of aromatic nitrogens is 2. The summed E-state index contributed by atoms with van der Waals surface area (Å²) in [4.78, 5) is 25.8. The number of halogens is 3. The van der Waals surface area contributed by atoms with Crippen LogP contribution in [0.15, 0.2) is 24.5 Å². The molecule has 4 rings (SSSR count). The zero-order chi connectivity index (χ0) is 27.8. The fourth-order valence-corrected chi connectivity index (χ4v) is 6.97. The molecule has 1 unspecified atom stereocenters. The third kappa shape index (κ3) is 6.06. The lowest BCUT2D eigenvalue weighted by molar-refractivity contribution is -0.137. The fraction of sp³-hybridized carbons (Fsp3) is 0.654. The summed E-state index contributed by atoms with van der Waals surface area (Å²) in [7, 11) is -1.20. The van der Waals surface area contributed by atoms with Crippen LogP contribution in [0.25, 0.3) is 10.9 Å². The second kappa shape index (κ2) is 11.0. The Morgan fingerprint density at radius 1 is 1.18 bits per heavy atom. The zero-order valence-electron chi connectivity index (χ0n) is 22.2. The first-order valence-electron chi connectivity index (χ1n) is 13.1. The van der Waals surface area contributed by atoms with E-state index in [1.807, 2.05) is 0 Å². The predicted octanol–water partition coefficient (Wildman–Crippen LogP) is 3.97. The van der Waals surface area contributed by atoms with E-state index in [-0.39, 0.29) is 46.6 Å². The van der Waals surface area contributed by atoms with Crippen LogP contribution in [-0.4, -0.2) is 83.4 Å². The number of carbonyl (C=O) groups excluding carboxylic acids is 1. The van der Waals surface area contributed by atoms with Crippen molar-refractivity contribution in [1.82, 2.24) is 19.8 Å². The van der Waals surface area contributed by atoms with Gasteiger partial charge < -0.3 is 15.1 Å². The third-order valence-corrected chi connectivity index (χ3v) is 9.94. The Hall–Kier alpha value is -2.47. The van der Waals surface area contributed by atoms with Crippen molar-refractivity contribution in [2.45, 2.75) is 76.8 Å². The van der Waals surface area contributed by atoms with E-state index >= 15 is 0 Å². The van der Waals surface area contributed by atoms with Crippen LogP contribution < -0.4 is 5.32 Å². The number of fused-ring (bicyclic) bond motifs is 1. The van der Waals surface area contributed by atoms with Crippen LogP contribution in [0.5, 0.6) is 0 Å². The molecule has 2 heterocycles. The van der Waals surface area contributed by atoms with Gasteiger partial charge in [0, 0.05) is 35.8 Å². The minimum atomic E-state index is -4.52. The maximum absolute atomic E-state index is 13.6. The first-order chi connectivity index (χ1) is 17.8. The molecular weight excluding hydrogens is 519 g/mol. The van der Waals surface area contributed by atoms with Gasteiger partial charge in [-0.3, -0.25) is 4.79 Å². The number of hydrogen-bond donors (Lipinski definition) is 1. The number of nitrogens with one attached hydrogen (secondary N) is 1. The van der Waals surface area contributed by atoms with Crippen molar-refractivity contribution in [3.8, 4) is 0 Å². The average Bonchev–Trinajstić information content (AvgIpc) is 3.22. The standard InChI is InChI=1S/C26H36F3N5O3S/c1-5-38(36,37)14-17-12-19(33(4)16(2)3)7-9-23(17)34-11-10-22(25(34)35)32-24-20-13-18(26(27,28)29)6-8-21(20)30-15-31-24/h6,8,13,15-17,19,22-23H,5,7,9-12,14H2,1-4H3,(H,30,31,32)/t17-,19+,22?,23-/m0/s1. The van der Waals surface area contributed by atoms with Gasteiger partial charge in [0.05, 0.1) is 16.8 Å². The number of benzene rings is 1. The lowest BCUT2D eigenvalue weighted by Crippen LogP contribution is -2.52. The molecule has 2 aromatic rings. The minimum Gasteiger partial charge on any atom is -0.358 e. The quantitative estimate of drug-likeness (QED) is 0.527. The number of amides is 1. The molecule has 38 heavy (non-hydrogen) atoms. The highest BCUT2D eigenvalue weighted by Gasteiger charge is 2.43. The molecule has 8 nitrogen and oxygen atoms in total. The van der Waals surface area contributed by atoms with Crippen molar-refractivity contribution in [2.24, 2.45) is 5.92 Å². The van der Waals surface area contributed by atoms with E-state index in [0.29, 0.717) is 37.4 Å². The van der Waals surface area contributed by atoms with Gasteiger partial charge in [-0.05, 0) is 70.7 Å². The third-order valence-electron chi connectivity index (χ3n) is 8.13. The Morgan fingerprint density at radius 3 is 2.58 bits per heavy atom. The number of rotatable bonds is 8. The van der Waals surface area contributed by atoms with Crippen LogP contribution in [0.2, 0.25) is 0 Å². The SMILES string of the molecule is CCS(=O)(=O)C[C@@H]1C[C@H](N(C)C(C)C)CC[C@@H]1N1CCC(Nc2ncnc3ccc(C(F)(F)F)cc23)C1=O. The van der Waals surface area contributed by atoms with E-state index in [9.17, 15) is 26.4 Å². The van der Waals surface area contributed by atoms with Gasteiger partial charge in [0.25, 0.3) is 0 Å². The topological polar surface area (TPSA) is 95.5 Å². The summed E-state index contributed by atoms with van der Waals surface area (Å²) >= 11 is 0. The van der Waals surface area contributed by atoms with Crippen molar-refractivity contribution in [3.63, 3.8) is 0 Å². The Balaban J connectivity index is 1.55. The fourth-order valence-electron chi connectivity index (χ4n) is 5.73. The molecule has 1 aromatic carbocycles. The van der Waals surface area contributed by atoms with E-state index in [4.69, 9.17) is 0 Å². The molecule has 2 fully saturated rings. The molecule has 2 aliphatic rings. The second-order valence-corrected chi connectivity index (χ2v) is 13.1. The van der Waals surface area contributed by atoms with Gasteiger partial charge in [-0.1, -0.05) is 6.92 Å². The van der Waals surface area contributed by atoms with Crippen LogP contribution in [0.4, 0.5) is 19.0 Å². The molecule has 210 valence electrons.